The monoisotopic (exact) mass is 476 g/mol. The highest BCUT2D eigenvalue weighted by Crippen LogP contribution is 2.34. The van der Waals surface area contributed by atoms with Crippen molar-refractivity contribution in [3.8, 4) is 11.5 Å². The summed E-state index contributed by atoms with van der Waals surface area (Å²) >= 11 is 0. The normalized spacial score (nSPS) is 15.9. The zero-order chi connectivity index (χ0) is 23.6. The van der Waals surface area contributed by atoms with Crippen molar-refractivity contribution in [1.29, 1.82) is 0 Å². The Morgan fingerprint density at radius 3 is 2.42 bits per heavy atom. The Morgan fingerprint density at radius 1 is 1.03 bits per heavy atom. The number of hydrogen-bond acceptors (Lipinski definition) is 5. The van der Waals surface area contributed by atoms with Crippen molar-refractivity contribution >= 4 is 15.9 Å². The molecule has 2 aliphatic rings. The van der Waals surface area contributed by atoms with E-state index in [-0.39, 0.29) is 37.4 Å². The molecule has 1 saturated carbocycles. The molecule has 178 valence electrons. The van der Waals surface area contributed by atoms with Gasteiger partial charge in [-0.05, 0) is 48.7 Å². The first-order valence-corrected chi connectivity index (χ1v) is 12.8. The Morgan fingerprint density at radius 2 is 1.73 bits per heavy atom. The predicted molar refractivity (Wildman–Crippen MR) is 121 cm³/mol. The molecule has 0 spiro atoms. The maximum atomic E-state index is 14.6. The van der Waals surface area contributed by atoms with E-state index in [9.17, 15) is 17.6 Å². The Balaban J connectivity index is 1.66. The fourth-order valence-corrected chi connectivity index (χ4v) is 6.07. The Hall–Kier alpha value is -2.65. The van der Waals surface area contributed by atoms with Gasteiger partial charge in [-0.3, -0.25) is 4.79 Å². The first-order chi connectivity index (χ1) is 15.8. The summed E-state index contributed by atoms with van der Waals surface area (Å²) in [7, 11) is -4.04. The van der Waals surface area contributed by atoms with Crippen molar-refractivity contribution in [3.63, 3.8) is 0 Å². The fraction of sp³-hybridized carbons (Fsp3) is 0.458. The number of carbonyl (C=O) groups is 1. The molecule has 0 atom stereocenters. The first-order valence-electron chi connectivity index (χ1n) is 11.3. The van der Waals surface area contributed by atoms with Crippen LogP contribution in [0.3, 0.4) is 0 Å². The lowest BCUT2D eigenvalue weighted by Gasteiger charge is -2.29. The van der Waals surface area contributed by atoms with Crippen molar-refractivity contribution < 1.29 is 27.1 Å². The SMILES string of the molecule is CCN(CC)S(=O)(=O)c1cc(C(=O)N(Cc2ccc3c(c2)OCO3)C2CCCC2)ccc1F. The molecule has 1 aliphatic heterocycles. The van der Waals surface area contributed by atoms with Crippen LogP contribution >= 0.6 is 0 Å². The van der Waals surface area contributed by atoms with Crippen LogP contribution in [0.4, 0.5) is 4.39 Å². The summed E-state index contributed by atoms with van der Waals surface area (Å²) in [5.41, 5.74) is 1.05. The van der Waals surface area contributed by atoms with Crippen molar-refractivity contribution in [3.05, 3.63) is 53.3 Å². The lowest BCUT2D eigenvalue weighted by molar-refractivity contribution is 0.0664. The molecule has 2 aromatic rings. The third-order valence-corrected chi connectivity index (χ3v) is 8.38. The summed E-state index contributed by atoms with van der Waals surface area (Å²) in [6.07, 6.45) is 3.81. The van der Waals surface area contributed by atoms with Gasteiger partial charge in [0.25, 0.3) is 5.91 Å². The maximum Gasteiger partial charge on any atom is 0.254 e. The van der Waals surface area contributed by atoms with Gasteiger partial charge in [0.2, 0.25) is 16.8 Å². The molecule has 0 aromatic heterocycles. The molecule has 9 heteroatoms. The number of benzene rings is 2. The van der Waals surface area contributed by atoms with Crippen LogP contribution in [0.15, 0.2) is 41.3 Å². The number of halogens is 1. The second-order valence-corrected chi connectivity index (χ2v) is 10.2. The molecule has 1 aliphatic carbocycles. The molecule has 0 saturated heterocycles. The van der Waals surface area contributed by atoms with E-state index in [1.165, 1.54) is 16.4 Å². The van der Waals surface area contributed by atoms with Crippen molar-refractivity contribution in [2.24, 2.45) is 0 Å². The number of nitrogens with zero attached hydrogens (tertiary/aromatic N) is 2. The van der Waals surface area contributed by atoms with Gasteiger partial charge >= 0.3 is 0 Å². The van der Waals surface area contributed by atoms with Crippen LogP contribution in [-0.4, -0.2) is 49.5 Å². The van der Waals surface area contributed by atoms with Crippen molar-refractivity contribution in [1.82, 2.24) is 9.21 Å². The van der Waals surface area contributed by atoms with Crippen LogP contribution in [0.1, 0.15) is 55.5 Å². The third-order valence-electron chi connectivity index (χ3n) is 6.32. The van der Waals surface area contributed by atoms with Crippen molar-refractivity contribution in [2.45, 2.75) is 57.0 Å². The van der Waals surface area contributed by atoms with Crippen LogP contribution in [-0.2, 0) is 16.6 Å². The van der Waals surface area contributed by atoms with Gasteiger partial charge in [-0.15, -0.1) is 0 Å². The maximum absolute atomic E-state index is 14.6. The number of amides is 1. The zero-order valence-corrected chi connectivity index (χ0v) is 19.7. The van der Waals surface area contributed by atoms with Crippen molar-refractivity contribution in [2.75, 3.05) is 19.9 Å². The van der Waals surface area contributed by atoms with Gasteiger partial charge in [-0.25, -0.2) is 12.8 Å². The van der Waals surface area contributed by atoms with E-state index < -0.39 is 20.7 Å². The van der Waals surface area contributed by atoms with E-state index in [0.29, 0.717) is 18.0 Å². The Kier molecular flexibility index (Phi) is 6.90. The second-order valence-electron chi connectivity index (χ2n) is 8.29. The number of hydrogen-bond donors (Lipinski definition) is 0. The van der Waals surface area contributed by atoms with Gasteiger partial charge in [0.15, 0.2) is 11.5 Å². The van der Waals surface area contributed by atoms with Crippen LogP contribution < -0.4 is 9.47 Å². The highest BCUT2D eigenvalue weighted by atomic mass is 32.2. The summed E-state index contributed by atoms with van der Waals surface area (Å²) in [6, 6.07) is 9.21. The van der Waals surface area contributed by atoms with Gasteiger partial charge in [0.1, 0.15) is 10.7 Å². The topological polar surface area (TPSA) is 76.2 Å². The molecule has 0 unspecified atom stereocenters. The summed E-state index contributed by atoms with van der Waals surface area (Å²) in [4.78, 5) is 14.9. The predicted octanol–water partition coefficient (Wildman–Crippen LogP) is 4.17. The number of ether oxygens (including phenoxy) is 2. The lowest BCUT2D eigenvalue weighted by Crippen LogP contribution is -2.38. The molecule has 2 aromatic carbocycles. The molecule has 1 heterocycles. The highest BCUT2D eigenvalue weighted by Gasteiger charge is 2.31. The molecule has 0 bridgehead atoms. The lowest BCUT2D eigenvalue weighted by atomic mass is 10.1. The van der Waals surface area contributed by atoms with Gasteiger partial charge in [-0.1, -0.05) is 32.8 Å². The summed E-state index contributed by atoms with van der Waals surface area (Å²) in [5, 5.41) is 0. The molecule has 4 rings (SSSR count). The summed E-state index contributed by atoms with van der Waals surface area (Å²) in [6.45, 7) is 4.34. The Bertz CT molecular complexity index is 1130. The van der Waals surface area contributed by atoms with Gasteiger partial charge < -0.3 is 14.4 Å². The van der Waals surface area contributed by atoms with E-state index >= 15 is 0 Å². The molecule has 33 heavy (non-hydrogen) atoms. The van der Waals surface area contributed by atoms with Gasteiger partial charge in [0.05, 0.1) is 0 Å². The smallest absolute Gasteiger partial charge is 0.254 e. The van der Waals surface area contributed by atoms with E-state index in [4.69, 9.17) is 9.47 Å². The quantitative estimate of drug-likeness (QED) is 0.572. The second kappa shape index (κ2) is 9.69. The third kappa shape index (κ3) is 4.70. The van der Waals surface area contributed by atoms with E-state index in [0.717, 1.165) is 37.3 Å². The largest absolute Gasteiger partial charge is 0.454 e. The summed E-state index contributed by atoms with van der Waals surface area (Å²) in [5.74, 6) is 0.139. The standard InChI is InChI=1S/C24H29FN2O5S/c1-3-26(4-2)33(29,30)23-14-18(10-11-20(23)25)24(28)27(19-7-5-6-8-19)15-17-9-12-21-22(13-17)32-16-31-21/h9-14,19H,3-8,15-16H2,1-2H3. The average Bonchev–Trinajstić information content (AvgIpc) is 3.49. The molecule has 1 amide bonds. The molecular formula is C24H29FN2O5S. The number of sulfonamides is 1. The van der Waals surface area contributed by atoms with Crippen LogP contribution in [0.25, 0.3) is 0 Å². The van der Waals surface area contributed by atoms with E-state index in [2.05, 4.69) is 0 Å². The average molecular weight is 477 g/mol. The van der Waals surface area contributed by atoms with E-state index in [1.807, 2.05) is 18.2 Å². The first kappa shape index (κ1) is 23.5. The van der Waals surface area contributed by atoms with Crippen LogP contribution in [0.5, 0.6) is 11.5 Å². The zero-order valence-electron chi connectivity index (χ0n) is 18.9. The minimum atomic E-state index is -4.04. The number of fused-ring (bicyclic) bond motifs is 1. The fourth-order valence-electron chi connectivity index (χ4n) is 4.52. The highest BCUT2D eigenvalue weighted by molar-refractivity contribution is 7.89. The summed E-state index contributed by atoms with van der Waals surface area (Å²) < 4.78 is 52.5. The van der Waals surface area contributed by atoms with Crippen LogP contribution in [0, 0.1) is 5.82 Å². The molecule has 0 N–H and O–H groups in total. The molecule has 7 nitrogen and oxygen atoms in total. The van der Waals surface area contributed by atoms with Gasteiger partial charge in [-0.2, -0.15) is 4.31 Å². The van der Waals surface area contributed by atoms with E-state index in [1.54, 1.807) is 18.7 Å². The van der Waals surface area contributed by atoms with Crippen LogP contribution in [0.2, 0.25) is 0 Å². The molecular weight excluding hydrogens is 447 g/mol. The molecule has 0 radical (unpaired) electrons. The van der Waals surface area contributed by atoms with Gasteiger partial charge in [0, 0.05) is 31.2 Å². The number of rotatable bonds is 8. The minimum absolute atomic E-state index is 0.0378. The number of carbonyl (C=O) groups excluding carboxylic acids is 1. The minimum Gasteiger partial charge on any atom is -0.454 e. The molecule has 1 fully saturated rings. The Labute approximate surface area is 194 Å².